The van der Waals surface area contributed by atoms with Gasteiger partial charge in [-0.1, -0.05) is 25.1 Å². The summed E-state index contributed by atoms with van der Waals surface area (Å²) in [7, 11) is 1.73. The molecule has 1 aliphatic rings. The van der Waals surface area contributed by atoms with Crippen molar-refractivity contribution in [2.24, 2.45) is 0 Å². The van der Waals surface area contributed by atoms with Gasteiger partial charge in [-0.05, 0) is 31.9 Å². The highest BCUT2D eigenvalue weighted by atomic mass is 16.5. The standard InChI is InChI=1S/C15H23NO2/c1-3-10-16-15(14-9-6-11-18-14)12-7-4-5-8-13(12)17-2/h4-5,7-8,14-16H,3,6,9-11H2,1-2H3. The fraction of sp³-hybridized carbons (Fsp3) is 0.600. The molecule has 1 aromatic rings. The summed E-state index contributed by atoms with van der Waals surface area (Å²) in [6.07, 6.45) is 3.68. The summed E-state index contributed by atoms with van der Waals surface area (Å²) in [5.41, 5.74) is 1.21. The molecule has 0 aromatic heterocycles. The lowest BCUT2D eigenvalue weighted by atomic mass is 9.98. The van der Waals surface area contributed by atoms with Crippen LogP contribution >= 0.6 is 0 Å². The van der Waals surface area contributed by atoms with Gasteiger partial charge < -0.3 is 14.8 Å². The van der Waals surface area contributed by atoms with Gasteiger partial charge in [0.15, 0.2) is 0 Å². The summed E-state index contributed by atoms with van der Waals surface area (Å²) < 4.78 is 11.3. The van der Waals surface area contributed by atoms with Gasteiger partial charge >= 0.3 is 0 Å². The number of hydrogen-bond acceptors (Lipinski definition) is 3. The molecule has 1 aromatic carbocycles. The molecule has 3 heteroatoms. The van der Waals surface area contributed by atoms with Crippen molar-refractivity contribution in [3.8, 4) is 5.75 Å². The topological polar surface area (TPSA) is 30.5 Å². The largest absolute Gasteiger partial charge is 0.496 e. The Kier molecular flexibility index (Phi) is 5.02. The second-order valence-corrected chi connectivity index (χ2v) is 4.73. The second-order valence-electron chi connectivity index (χ2n) is 4.73. The normalized spacial score (nSPS) is 20.9. The summed E-state index contributed by atoms with van der Waals surface area (Å²) in [4.78, 5) is 0. The molecule has 1 fully saturated rings. The van der Waals surface area contributed by atoms with E-state index >= 15 is 0 Å². The molecule has 100 valence electrons. The molecule has 0 radical (unpaired) electrons. The number of para-hydroxylation sites is 1. The zero-order chi connectivity index (χ0) is 12.8. The average Bonchev–Trinajstić information content (AvgIpc) is 2.94. The quantitative estimate of drug-likeness (QED) is 0.841. The molecule has 1 aliphatic heterocycles. The van der Waals surface area contributed by atoms with Crippen LogP contribution in [0, 0.1) is 0 Å². The maximum atomic E-state index is 5.85. The van der Waals surface area contributed by atoms with Crippen LogP contribution in [0.1, 0.15) is 37.8 Å². The Balaban J connectivity index is 2.20. The minimum Gasteiger partial charge on any atom is -0.496 e. The Morgan fingerprint density at radius 3 is 2.94 bits per heavy atom. The van der Waals surface area contributed by atoms with Crippen LogP contribution in [0.15, 0.2) is 24.3 Å². The number of rotatable bonds is 6. The van der Waals surface area contributed by atoms with Crippen LogP contribution in [0.5, 0.6) is 5.75 Å². The molecule has 2 unspecified atom stereocenters. The first-order chi connectivity index (χ1) is 8.86. The number of ether oxygens (including phenoxy) is 2. The van der Waals surface area contributed by atoms with E-state index in [4.69, 9.17) is 9.47 Å². The zero-order valence-electron chi connectivity index (χ0n) is 11.3. The van der Waals surface area contributed by atoms with E-state index in [1.807, 2.05) is 12.1 Å². The van der Waals surface area contributed by atoms with E-state index in [0.29, 0.717) is 0 Å². The Hall–Kier alpha value is -1.06. The predicted octanol–water partition coefficient (Wildman–Crippen LogP) is 2.91. The Morgan fingerprint density at radius 2 is 2.28 bits per heavy atom. The molecule has 0 aliphatic carbocycles. The molecule has 18 heavy (non-hydrogen) atoms. The van der Waals surface area contributed by atoms with Crippen molar-refractivity contribution in [2.45, 2.75) is 38.3 Å². The van der Waals surface area contributed by atoms with Crippen molar-refractivity contribution in [3.05, 3.63) is 29.8 Å². The molecular weight excluding hydrogens is 226 g/mol. The van der Waals surface area contributed by atoms with E-state index in [9.17, 15) is 0 Å². The monoisotopic (exact) mass is 249 g/mol. The average molecular weight is 249 g/mol. The summed E-state index contributed by atoms with van der Waals surface area (Å²) >= 11 is 0. The van der Waals surface area contributed by atoms with Crippen molar-refractivity contribution < 1.29 is 9.47 Å². The maximum absolute atomic E-state index is 5.85. The number of benzene rings is 1. The molecule has 0 bridgehead atoms. The minimum atomic E-state index is 0.239. The molecule has 2 rings (SSSR count). The summed E-state index contributed by atoms with van der Waals surface area (Å²) in [6, 6.07) is 8.46. The van der Waals surface area contributed by atoms with Crippen LogP contribution in [-0.4, -0.2) is 26.4 Å². The van der Waals surface area contributed by atoms with E-state index in [1.54, 1.807) is 7.11 Å². The summed E-state index contributed by atoms with van der Waals surface area (Å²) in [5, 5.41) is 3.60. The Labute approximate surface area is 109 Å². The number of nitrogens with one attached hydrogen (secondary N) is 1. The molecule has 1 N–H and O–H groups in total. The fourth-order valence-corrected chi connectivity index (χ4v) is 2.53. The third-order valence-corrected chi connectivity index (χ3v) is 3.42. The lowest BCUT2D eigenvalue weighted by Gasteiger charge is -2.26. The Morgan fingerprint density at radius 1 is 1.44 bits per heavy atom. The smallest absolute Gasteiger partial charge is 0.123 e. The maximum Gasteiger partial charge on any atom is 0.123 e. The molecule has 1 saturated heterocycles. The highest BCUT2D eigenvalue weighted by Crippen LogP contribution is 2.32. The first-order valence-corrected chi connectivity index (χ1v) is 6.84. The van der Waals surface area contributed by atoms with Gasteiger partial charge in [0, 0.05) is 12.2 Å². The van der Waals surface area contributed by atoms with E-state index in [0.717, 1.165) is 38.2 Å². The molecule has 0 saturated carbocycles. The predicted molar refractivity (Wildman–Crippen MR) is 73.0 cm³/mol. The summed E-state index contributed by atoms with van der Waals surface area (Å²) in [6.45, 7) is 4.06. The number of hydrogen-bond donors (Lipinski definition) is 1. The molecule has 2 atom stereocenters. The molecular formula is C15H23NO2. The van der Waals surface area contributed by atoms with Gasteiger partial charge in [-0.3, -0.25) is 0 Å². The van der Waals surface area contributed by atoms with Crippen molar-refractivity contribution in [2.75, 3.05) is 20.3 Å². The lowest BCUT2D eigenvalue weighted by molar-refractivity contribution is 0.0774. The Bertz CT molecular complexity index is 361. The van der Waals surface area contributed by atoms with Gasteiger partial charge in [-0.15, -0.1) is 0 Å². The molecule has 0 amide bonds. The first kappa shape index (κ1) is 13.4. The third-order valence-electron chi connectivity index (χ3n) is 3.42. The number of methoxy groups -OCH3 is 1. The van der Waals surface area contributed by atoms with Gasteiger partial charge in [0.1, 0.15) is 5.75 Å². The van der Waals surface area contributed by atoms with Crippen molar-refractivity contribution >= 4 is 0 Å². The van der Waals surface area contributed by atoms with Crippen LogP contribution in [0.3, 0.4) is 0 Å². The van der Waals surface area contributed by atoms with E-state index in [2.05, 4.69) is 24.4 Å². The van der Waals surface area contributed by atoms with Crippen molar-refractivity contribution in [1.82, 2.24) is 5.32 Å². The first-order valence-electron chi connectivity index (χ1n) is 6.84. The minimum absolute atomic E-state index is 0.239. The van der Waals surface area contributed by atoms with Gasteiger partial charge in [-0.25, -0.2) is 0 Å². The van der Waals surface area contributed by atoms with Crippen LogP contribution in [0.4, 0.5) is 0 Å². The molecule has 0 spiro atoms. The third kappa shape index (κ3) is 3.03. The van der Waals surface area contributed by atoms with Crippen LogP contribution in [0.25, 0.3) is 0 Å². The van der Waals surface area contributed by atoms with E-state index in [-0.39, 0.29) is 12.1 Å². The zero-order valence-corrected chi connectivity index (χ0v) is 11.3. The highest BCUT2D eigenvalue weighted by molar-refractivity contribution is 5.36. The van der Waals surface area contributed by atoms with Gasteiger partial charge in [0.2, 0.25) is 0 Å². The SMILES string of the molecule is CCCNC(c1ccccc1OC)C1CCCO1. The van der Waals surface area contributed by atoms with Crippen LogP contribution in [-0.2, 0) is 4.74 Å². The lowest BCUT2D eigenvalue weighted by Crippen LogP contribution is -2.32. The molecule has 3 nitrogen and oxygen atoms in total. The van der Waals surface area contributed by atoms with E-state index in [1.165, 1.54) is 5.56 Å². The summed E-state index contributed by atoms with van der Waals surface area (Å²) in [5.74, 6) is 0.946. The van der Waals surface area contributed by atoms with E-state index < -0.39 is 0 Å². The van der Waals surface area contributed by atoms with Gasteiger partial charge in [-0.2, -0.15) is 0 Å². The fourth-order valence-electron chi connectivity index (χ4n) is 2.53. The van der Waals surface area contributed by atoms with Crippen LogP contribution in [0.2, 0.25) is 0 Å². The van der Waals surface area contributed by atoms with Gasteiger partial charge in [0.05, 0.1) is 19.3 Å². The molecule has 1 heterocycles. The van der Waals surface area contributed by atoms with Crippen molar-refractivity contribution in [1.29, 1.82) is 0 Å². The second kappa shape index (κ2) is 6.76. The highest BCUT2D eigenvalue weighted by Gasteiger charge is 2.28. The van der Waals surface area contributed by atoms with Crippen LogP contribution < -0.4 is 10.1 Å². The van der Waals surface area contributed by atoms with Crippen molar-refractivity contribution in [3.63, 3.8) is 0 Å². The van der Waals surface area contributed by atoms with Gasteiger partial charge in [0.25, 0.3) is 0 Å².